The van der Waals surface area contributed by atoms with Gasteiger partial charge in [-0.15, -0.1) is 23.4 Å². The van der Waals surface area contributed by atoms with Crippen LogP contribution >= 0.6 is 0 Å². The summed E-state index contributed by atoms with van der Waals surface area (Å²) in [6, 6.07) is 16.5. The molecule has 0 bridgehead atoms. The Balaban J connectivity index is 1.69. The predicted octanol–water partition coefficient (Wildman–Crippen LogP) is 4.70. The van der Waals surface area contributed by atoms with Crippen molar-refractivity contribution >= 4 is 5.65 Å². The highest BCUT2D eigenvalue weighted by Gasteiger charge is 2.31. The van der Waals surface area contributed by atoms with Crippen LogP contribution in [-0.4, -0.2) is 28.1 Å². The molecule has 4 rings (SSSR count). The minimum atomic E-state index is -4.77. The zero-order chi connectivity index (χ0) is 21.1. The molecule has 8 heteroatoms. The molecule has 0 N–H and O–H groups in total. The van der Waals surface area contributed by atoms with Crippen LogP contribution in [0.15, 0.2) is 66.9 Å². The first-order valence-corrected chi connectivity index (χ1v) is 8.78. The van der Waals surface area contributed by atoms with Gasteiger partial charge >= 0.3 is 6.36 Å². The van der Waals surface area contributed by atoms with Crippen molar-refractivity contribution in [3.8, 4) is 34.7 Å². The van der Waals surface area contributed by atoms with Crippen LogP contribution < -0.4 is 9.47 Å². The molecule has 2 aromatic carbocycles. The third-order valence-corrected chi connectivity index (χ3v) is 4.15. The van der Waals surface area contributed by atoms with Crippen molar-refractivity contribution in [3.05, 3.63) is 78.0 Å². The van der Waals surface area contributed by atoms with Crippen LogP contribution in [0.1, 0.15) is 11.1 Å². The van der Waals surface area contributed by atoms with Gasteiger partial charge in [0.2, 0.25) is 0 Å². The molecule has 0 aliphatic heterocycles. The maximum Gasteiger partial charge on any atom is 0.573 e. The number of hydrogen-bond donors (Lipinski definition) is 0. The molecule has 2 aromatic heterocycles. The van der Waals surface area contributed by atoms with Crippen molar-refractivity contribution in [1.29, 1.82) is 0 Å². The Morgan fingerprint density at radius 1 is 0.867 bits per heavy atom. The Labute approximate surface area is 169 Å². The summed E-state index contributed by atoms with van der Waals surface area (Å²) in [4.78, 5) is 0. The van der Waals surface area contributed by atoms with E-state index in [9.17, 15) is 13.2 Å². The highest BCUT2D eigenvalue weighted by Crippen LogP contribution is 2.27. The van der Waals surface area contributed by atoms with Crippen LogP contribution in [0.4, 0.5) is 13.2 Å². The van der Waals surface area contributed by atoms with Crippen LogP contribution in [0.2, 0.25) is 0 Å². The first kappa shape index (κ1) is 19.3. The first-order chi connectivity index (χ1) is 14.4. The summed E-state index contributed by atoms with van der Waals surface area (Å²) >= 11 is 0. The lowest BCUT2D eigenvalue weighted by atomic mass is 10.2. The smallest absolute Gasteiger partial charge is 0.497 e. The fraction of sp³-hybridized carbons (Fsp3) is 0.0909. The molecule has 0 aliphatic carbocycles. The van der Waals surface area contributed by atoms with Crippen molar-refractivity contribution < 1.29 is 22.6 Å². The summed E-state index contributed by atoms with van der Waals surface area (Å²) in [6.07, 6.45) is -3.04. The molecule has 0 spiro atoms. The minimum Gasteiger partial charge on any atom is -0.497 e. The van der Waals surface area contributed by atoms with Gasteiger partial charge in [-0.3, -0.25) is 4.40 Å². The quantitative estimate of drug-likeness (QED) is 0.460. The number of halogens is 3. The standard InChI is InChI=1S/C22H14F3N3O2/c1-29-18-6-2-4-15(12-18)8-9-16-10-11-20-26-27-21(28(20)14-16)17-5-3-7-19(13-17)30-22(23,24)25/h2-7,10-14H,1H3. The zero-order valence-electron chi connectivity index (χ0n) is 15.6. The third kappa shape index (κ3) is 4.36. The average Bonchev–Trinajstić information content (AvgIpc) is 3.14. The van der Waals surface area contributed by atoms with E-state index in [4.69, 9.17) is 4.74 Å². The number of rotatable bonds is 3. The van der Waals surface area contributed by atoms with Crippen molar-refractivity contribution in [3.63, 3.8) is 0 Å². The van der Waals surface area contributed by atoms with Crippen LogP contribution in [0.5, 0.6) is 11.5 Å². The largest absolute Gasteiger partial charge is 0.573 e. The molecule has 0 amide bonds. The normalized spacial score (nSPS) is 11.1. The zero-order valence-corrected chi connectivity index (χ0v) is 15.6. The molecule has 0 unspecified atom stereocenters. The molecule has 5 nitrogen and oxygen atoms in total. The lowest BCUT2D eigenvalue weighted by Crippen LogP contribution is -2.17. The molecule has 4 aromatic rings. The van der Waals surface area contributed by atoms with E-state index in [-0.39, 0.29) is 5.75 Å². The van der Waals surface area contributed by atoms with Gasteiger partial charge in [-0.05, 0) is 42.5 Å². The van der Waals surface area contributed by atoms with Crippen molar-refractivity contribution in [1.82, 2.24) is 14.6 Å². The second-order valence-electron chi connectivity index (χ2n) is 6.23. The van der Waals surface area contributed by atoms with E-state index in [1.807, 2.05) is 24.3 Å². The van der Waals surface area contributed by atoms with Gasteiger partial charge in [0.15, 0.2) is 11.5 Å². The number of alkyl halides is 3. The molecular formula is C22H14F3N3O2. The second-order valence-corrected chi connectivity index (χ2v) is 6.23. The lowest BCUT2D eigenvalue weighted by molar-refractivity contribution is -0.274. The molecule has 0 fully saturated rings. The molecule has 2 heterocycles. The van der Waals surface area contributed by atoms with Gasteiger partial charge in [0.05, 0.1) is 7.11 Å². The van der Waals surface area contributed by atoms with Gasteiger partial charge in [-0.25, -0.2) is 0 Å². The number of pyridine rings is 1. The fourth-order valence-electron chi connectivity index (χ4n) is 2.84. The van der Waals surface area contributed by atoms with E-state index in [2.05, 4.69) is 26.8 Å². The maximum absolute atomic E-state index is 12.5. The molecule has 0 saturated heterocycles. The summed E-state index contributed by atoms with van der Waals surface area (Å²) in [6.45, 7) is 0. The van der Waals surface area contributed by atoms with Gasteiger partial charge in [-0.2, -0.15) is 0 Å². The van der Waals surface area contributed by atoms with Gasteiger partial charge in [0, 0.05) is 22.9 Å². The molecule has 0 saturated carbocycles. The summed E-state index contributed by atoms with van der Waals surface area (Å²) < 4.78 is 48.4. The van der Waals surface area contributed by atoms with Crippen LogP contribution in [-0.2, 0) is 0 Å². The first-order valence-electron chi connectivity index (χ1n) is 8.78. The summed E-state index contributed by atoms with van der Waals surface area (Å²) in [5.41, 5.74) is 2.45. The van der Waals surface area contributed by atoms with Crippen LogP contribution in [0.3, 0.4) is 0 Å². The highest BCUT2D eigenvalue weighted by atomic mass is 19.4. The maximum atomic E-state index is 12.5. The van der Waals surface area contributed by atoms with Gasteiger partial charge in [0.1, 0.15) is 11.5 Å². The Morgan fingerprint density at radius 2 is 1.63 bits per heavy atom. The summed E-state index contributed by atoms with van der Waals surface area (Å²) in [5, 5.41) is 8.16. The lowest BCUT2D eigenvalue weighted by Gasteiger charge is -2.09. The van der Waals surface area contributed by atoms with E-state index in [1.165, 1.54) is 18.2 Å². The van der Waals surface area contributed by atoms with Gasteiger partial charge in [0.25, 0.3) is 0 Å². The topological polar surface area (TPSA) is 48.7 Å². The van der Waals surface area contributed by atoms with E-state index in [0.717, 1.165) is 5.56 Å². The second kappa shape index (κ2) is 7.79. The minimum absolute atomic E-state index is 0.328. The van der Waals surface area contributed by atoms with E-state index in [0.29, 0.717) is 28.3 Å². The number of aromatic nitrogens is 3. The Bertz CT molecular complexity index is 1270. The van der Waals surface area contributed by atoms with Crippen molar-refractivity contribution in [2.24, 2.45) is 0 Å². The number of fused-ring (bicyclic) bond motifs is 1. The number of hydrogen-bond acceptors (Lipinski definition) is 4. The number of ether oxygens (including phenoxy) is 2. The van der Waals surface area contributed by atoms with Gasteiger partial charge < -0.3 is 9.47 Å². The SMILES string of the molecule is COc1cccc(C#Cc2ccc3nnc(-c4cccc(OC(F)(F)F)c4)n3c2)c1. The van der Waals surface area contributed by atoms with E-state index >= 15 is 0 Å². The number of methoxy groups -OCH3 is 1. The Morgan fingerprint density at radius 3 is 2.43 bits per heavy atom. The summed E-state index contributed by atoms with van der Waals surface area (Å²) in [7, 11) is 1.59. The summed E-state index contributed by atoms with van der Waals surface area (Å²) in [5.74, 6) is 6.87. The Kier molecular flexibility index (Phi) is 5.02. The average molecular weight is 409 g/mol. The number of nitrogens with zero attached hydrogens (tertiary/aromatic N) is 3. The van der Waals surface area contributed by atoms with Gasteiger partial charge in [-0.1, -0.05) is 30.0 Å². The van der Waals surface area contributed by atoms with E-state index < -0.39 is 6.36 Å². The molecular weight excluding hydrogens is 395 g/mol. The Hall–Kier alpha value is -3.99. The highest BCUT2D eigenvalue weighted by molar-refractivity contribution is 5.62. The van der Waals surface area contributed by atoms with Crippen LogP contribution in [0, 0.1) is 11.8 Å². The molecule has 0 atom stereocenters. The van der Waals surface area contributed by atoms with Crippen LogP contribution in [0.25, 0.3) is 17.0 Å². The molecule has 150 valence electrons. The fourth-order valence-corrected chi connectivity index (χ4v) is 2.84. The monoisotopic (exact) mass is 409 g/mol. The molecule has 30 heavy (non-hydrogen) atoms. The molecule has 0 radical (unpaired) electrons. The van der Waals surface area contributed by atoms with Crippen molar-refractivity contribution in [2.75, 3.05) is 7.11 Å². The predicted molar refractivity (Wildman–Crippen MR) is 104 cm³/mol. The third-order valence-electron chi connectivity index (χ3n) is 4.15. The van der Waals surface area contributed by atoms with Crippen molar-refractivity contribution in [2.45, 2.75) is 6.36 Å². The molecule has 0 aliphatic rings. The number of benzene rings is 2. The van der Waals surface area contributed by atoms with E-state index in [1.54, 1.807) is 35.9 Å².